The van der Waals surface area contributed by atoms with Crippen LogP contribution in [0.4, 0.5) is 0 Å². The summed E-state index contributed by atoms with van der Waals surface area (Å²) in [6, 6.07) is 13.4. The van der Waals surface area contributed by atoms with Crippen molar-refractivity contribution in [3.8, 4) is 17.6 Å². The highest BCUT2D eigenvalue weighted by Crippen LogP contribution is 2.35. The van der Waals surface area contributed by atoms with Crippen molar-refractivity contribution in [1.29, 1.82) is 5.26 Å². The van der Waals surface area contributed by atoms with Crippen LogP contribution in [0.5, 0.6) is 11.5 Å². The molecule has 0 unspecified atom stereocenters. The number of benzene rings is 2. The van der Waals surface area contributed by atoms with Crippen molar-refractivity contribution in [2.24, 2.45) is 5.73 Å². The molecule has 0 heterocycles. The zero-order valence-corrected chi connectivity index (χ0v) is 16.0. The van der Waals surface area contributed by atoms with Crippen LogP contribution in [-0.4, -0.2) is 13.0 Å². The van der Waals surface area contributed by atoms with Crippen molar-refractivity contribution < 1.29 is 14.3 Å². The number of carbonyl (C=O) groups is 1. The van der Waals surface area contributed by atoms with Gasteiger partial charge in [-0.2, -0.15) is 5.26 Å². The summed E-state index contributed by atoms with van der Waals surface area (Å²) in [6.45, 7) is 2.44. The molecule has 0 saturated heterocycles. The fourth-order valence-electron chi connectivity index (χ4n) is 2.13. The number of halogens is 1. The van der Waals surface area contributed by atoms with Crippen molar-refractivity contribution in [3.63, 3.8) is 0 Å². The van der Waals surface area contributed by atoms with Gasteiger partial charge in [0.2, 0.25) is 0 Å². The molecule has 2 aromatic carbocycles. The van der Waals surface area contributed by atoms with Gasteiger partial charge in [0.25, 0.3) is 5.91 Å². The first-order valence-electron chi connectivity index (χ1n) is 7.42. The maximum atomic E-state index is 11.2. The molecule has 0 aliphatic rings. The summed E-state index contributed by atoms with van der Waals surface area (Å²) in [4.78, 5) is 11.2. The minimum atomic E-state index is -0.767. The molecule has 2 rings (SSSR count). The molecule has 6 heteroatoms. The number of methoxy groups -OCH3 is 1. The Morgan fingerprint density at radius 1 is 1.32 bits per heavy atom. The summed E-state index contributed by atoms with van der Waals surface area (Å²) in [5.74, 6) is 0.363. The number of hydrogen-bond acceptors (Lipinski definition) is 4. The molecule has 0 aliphatic carbocycles. The summed E-state index contributed by atoms with van der Waals surface area (Å²) < 4.78 is 12.1. The molecule has 2 aromatic rings. The van der Waals surface area contributed by atoms with E-state index in [9.17, 15) is 4.79 Å². The number of amides is 1. The normalized spacial score (nSPS) is 10.9. The Labute approximate surface area is 160 Å². The van der Waals surface area contributed by atoms with Gasteiger partial charge in [-0.25, -0.2) is 0 Å². The number of rotatable bonds is 6. The molecule has 0 fully saturated rings. The van der Waals surface area contributed by atoms with Crippen LogP contribution in [0.25, 0.3) is 6.08 Å². The highest BCUT2D eigenvalue weighted by atomic mass is 127. The SMILES string of the molecule is COc1cc(/C=C(/C#N)C(N)=O)cc(I)c1OCc1ccc(C)cc1. The second kappa shape index (κ2) is 8.53. The highest BCUT2D eigenvalue weighted by Gasteiger charge is 2.13. The Morgan fingerprint density at radius 3 is 2.56 bits per heavy atom. The van der Waals surface area contributed by atoms with Gasteiger partial charge < -0.3 is 15.2 Å². The van der Waals surface area contributed by atoms with Gasteiger partial charge in [-0.05, 0) is 58.9 Å². The Balaban J connectivity index is 2.29. The molecule has 0 bridgehead atoms. The first-order valence-corrected chi connectivity index (χ1v) is 8.50. The number of nitriles is 1. The first-order chi connectivity index (χ1) is 11.9. The zero-order chi connectivity index (χ0) is 18.4. The molecule has 1 amide bonds. The Kier molecular flexibility index (Phi) is 6.42. The Bertz CT molecular complexity index is 852. The molecule has 0 atom stereocenters. The van der Waals surface area contributed by atoms with Crippen LogP contribution in [-0.2, 0) is 11.4 Å². The van der Waals surface area contributed by atoms with E-state index in [4.69, 9.17) is 20.5 Å². The summed E-state index contributed by atoms with van der Waals surface area (Å²) in [6.07, 6.45) is 1.43. The predicted octanol–water partition coefficient (Wildman–Crippen LogP) is 3.58. The van der Waals surface area contributed by atoms with E-state index >= 15 is 0 Å². The molecular weight excluding hydrogens is 431 g/mol. The van der Waals surface area contributed by atoms with Gasteiger partial charge in [-0.1, -0.05) is 29.8 Å². The molecular formula is C19H17IN2O3. The number of carbonyl (C=O) groups excluding carboxylic acids is 1. The molecule has 0 spiro atoms. The molecule has 0 saturated carbocycles. The third kappa shape index (κ3) is 4.97. The van der Waals surface area contributed by atoms with Crippen LogP contribution >= 0.6 is 22.6 Å². The molecule has 25 heavy (non-hydrogen) atoms. The van der Waals surface area contributed by atoms with Crippen LogP contribution in [0.3, 0.4) is 0 Å². The molecule has 0 aromatic heterocycles. The Hall–Kier alpha value is -2.53. The van der Waals surface area contributed by atoms with E-state index in [1.165, 1.54) is 18.7 Å². The van der Waals surface area contributed by atoms with Gasteiger partial charge >= 0.3 is 0 Å². The highest BCUT2D eigenvalue weighted by molar-refractivity contribution is 14.1. The second-order valence-electron chi connectivity index (χ2n) is 5.34. The van der Waals surface area contributed by atoms with E-state index in [-0.39, 0.29) is 5.57 Å². The minimum Gasteiger partial charge on any atom is -0.493 e. The van der Waals surface area contributed by atoms with Gasteiger partial charge in [0.1, 0.15) is 18.2 Å². The third-order valence-corrected chi connectivity index (χ3v) is 4.25. The molecule has 2 N–H and O–H groups in total. The van der Waals surface area contributed by atoms with Crippen molar-refractivity contribution in [3.05, 3.63) is 62.2 Å². The van der Waals surface area contributed by atoms with Crippen LogP contribution in [0, 0.1) is 21.8 Å². The smallest absolute Gasteiger partial charge is 0.259 e. The molecule has 5 nitrogen and oxygen atoms in total. The van der Waals surface area contributed by atoms with E-state index in [2.05, 4.69) is 22.6 Å². The topological polar surface area (TPSA) is 85.3 Å². The maximum absolute atomic E-state index is 11.2. The zero-order valence-electron chi connectivity index (χ0n) is 13.9. The lowest BCUT2D eigenvalue weighted by Crippen LogP contribution is -2.12. The summed E-state index contributed by atoms with van der Waals surface area (Å²) in [5, 5.41) is 8.96. The van der Waals surface area contributed by atoms with Crippen molar-refractivity contribution in [1.82, 2.24) is 0 Å². The standard InChI is InChI=1S/C19H17IN2O3/c1-12-3-5-13(6-4-12)11-25-18-16(20)8-14(9-17(18)24-2)7-15(10-21)19(22)23/h3-9H,11H2,1-2H3,(H2,22,23)/b15-7-. The number of ether oxygens (including phenoxy) is 2. The van der Waals surface area contributed by atoms with E-state index in [0.29, 0.717) is 23.7 Å². The fourth-order valence-corrected chi connectivity index (χ4v) is 2.91. The van der Waals surface area contributed by atoms with E-state index in [1.807, 2.05) is 31.2 Å². The summed E-state index contributed by atoms with van der Waals surface area (Å²) in [7, 11) is 1.54. The maximum Gasteiger partial charge on any atom is 0.259 e. The lowest BCUT2D eigenvalue weighted by atomic mass is 10.1. The van der Waals surface area contributed by atoms with Gasteiger partial charge in [0.15, 0.2) is 11.5 Å². The molecule has 0 radical (unpaired) electrons. The molecule has 0 aliphatic heterocycles. The number of nitrogens with zero attached hydrogens (tertiary/aromatic N) is 1. The van der Waals surface area contributed by atoms with Crippen LogP contribution in [0.2, 0.25) is 0 Å². The molecule has 128 valence electrons. The van der Waals surface area contributed by atoms with Crippen molar-refractivity contribution >= 4 is 34.6 Å². The van der Waals surface area contributed by atoms with E-state index in [1.54, 1.807) is 18.2 Å². The van der Waals surface area contributed by atoms with Gasteiger partial charge in [-0.3, -0.25) is 4.79 Å². The Morgan fingerprint density at radius 2 is 2.00 bits per heavy atom. The van der Waals surface area contributed by atoms with Gasteiger partial charge in [0.05, 0.1) is 10.7 Å². The number of primary amides is 1. The van der Waals surface area contributed by atoms with Crippen LogP contribution in [0.15, 0.2) is 42.0 Å². The number of nitrogens with two attached hydrogens (primary N) is 1. The fraction of sp³-hybridized carbons (Fsp3) is 0.158. The number of aryl methyl sites for hydroxylation is 1. The lowest BCUT2D eigenvalue weighted by Gasteiger charge is -2.14. The average molecular weight is 448 g/mol. The van der Waals surface area contributed by atoms with Crippen LogP contribution in [0.1, 0.15) is 16.7 Å². The van der Waals surface area contributed by atoms with E-state index < -0.39 is 5.91 Å². The minimum absolute atomic E-state index is 0.119. The monoisotopic (exact) mass is 448 g/mol. The first kappa shape index (κ1) is 18.8. The quantitative estimate of drug-likeness (QED) is 0.416. The van der Waals surface area contributed by atoms with Gasteiger partial charge in [0, 0.05) is 0 Å². The number of hydrogen-bond donors (Lipinski definition) is 1. The van der Waals surface area contributed by atoms with Crippen LogP contribution < -0.4 is 15.2 Å². The lowest BCUT2D eigenvalue weighted by molar-refractivity contribution is -0.114. The largest absolute Gasteiger partial charge is 0.493 e. The summed E-state index contributed by atoms with van der Waals surface area (Å²) >= 11 is 2.13. The third-order valence-electron chi connectivity index (χ3n) is 3.45. The summed E-state index contributed by atoms with van der Waals surface area (Å²) in [5.41, 5.74) is 7.93. The van der Waals surface area contributed by atoms with Crippen molar-refractivity contribution in [2.45, 2.75) is 13.5 Å². The van der Waals surface area contributed by atoms with Crippen molar-refractivity contribution in [2.75, 3.05) is 7.11 Å². The predicted molar refractivity (Wildman–Crippen MR) is 104 cm³/mol. The average Bonchev–Trinajstić information content (AvgIpc) is 2.59. The van der Waals surface area contributed by atoms with Gasteiger partial charge in [-0.15, -0.1) is 0 Å². The van der Waals surface area contributed by atoms with E-state index in [0.717, 1.165) is 9.13 Å². The second-order valence-corrected chi connectivity index (χ2v) is 6.50.